The summed E-state index contributed by atoms with van der Waals surface area (Å²) in [5.74, 6) is 0.0876. The molecule has 0 amide bonds. The van der Waals surface area contributed by atoms with Gasteiger partial charge in [0.15, 0.2) is 0 Å². The van der Waals surface area contributed by atoms with Crippen molar-refractivity contribution >= 4 is 27.8 Å². The van der Waals surface area contributed by atoms with Crippen LogP contribution in [-0.4, -0.2) is 0 Å². The molecule has 2 aromatic carbocycles. The molecule has 1 atom stereocenters. The fourth-order valence-corrected chi connectivity index (χ4v) is 2.97. The van der Waals surface area contributed by atoms with Gasteiger partial charge < -0.3 is 4.42 Å². The summed E-state index contributed by atoms with van der Waals surface area (Å²) in [6, 6.07) is 11.4. The van der Waals surface area contributed by atoms with Crippen molar-refractivity contribution in [2.45, 2.75) is 13.3 Å². The Kier molecular flexibility index (Phi) is 2.52. The van der Waals surface area contributed by atoms with E-state index in [-0.39, 0.29) is 17.2 Å². The quantitative estimate of drug-likeness (QED) is 0.569. The molecule has 0 saturated heterocycles. The van der Waals surface area contributed by atoms with Crippen LogP contribution in [0.2, 0.25) is 0 Å². The molecular weight excluding hydrogens is 267 g/mol. The molecule has 1 aromatic heterocycles. The first-order valence-corrected chi connectivity index (χ1v) is 6.99. The van der Waals surface area contributed by atoms with Gasteiger partial charge in [-0.15, -0.1) is 0 Å². The Hall–Kier alpha value is -2.42. The van der Waals surface area contributed by atoms with Gasteiger partial charge in [-0.05, 0) is 22.9 Å². The molecule has 1 heterocycles. The second-order valence-corrected chi connectivity index (χ2v) is 5.56. The zero-order valence-corrected chi connectivity index (χ0v) is 11.5. The Balaban J connectivity index is 2.19. The van der Waals surface area contributed by atoms with E-state index in [1.165, 1.54) is 6.08 Å². The third kappa shape index (κ3) is 1.74. The zero-order chi connectivity index (χ0) is 14.6. The van der Waals surface area contributed by atoms with Gasteiger partial charge in [-0.25, -0.2) is 4.39 Å². The molecular formula is C18H13FO2. The van der Waals surface area contributed by atoms with E-state index >= 15 is 0 Å². The van der Waals surface area contributed by atoms with Gasteiger partial charge in [0.25, 0.3) is 0 Å². The van der Waals surface area contributed by atoms with Crippen LogP contribution >= 0.6 is 0 Å². The highest BCUT2D eigenvalue weighted by Crippen LogP contribution is 2.31. The average molecular weight is 280 g/mol. The molecule has 0 radical (unpaired) electrons. The Morgan fingerprint density at radius 3 is 2.86 bits per heavy atom. The van der Waals surface area contributed by atoms with Gasteiger partial charge in [0.2, 0.25) is 5.43 Å². The first-order chi connectivity index (χ1) is 10.1. The predicted molar refractivity (Wildman–Crippen MR) is 81.9 cm³/mol. The topological polar surface area (TPSA) is 30.2 Å². The Morgan fingerprint density at radius 2 is 2.00 bits per heavy atom. The van der Waals surface area contributed by atoms with Gasteiger partial charge in [-0.1, -0.05) is 37.3 Å². The zero-order valence-electron chi connectivity index (χ0n) is 11.5. The van der Waals surface area contributed by atoms with Crippen LogP contribution < -0.4 is 5.43 Å². The van der Waals surface area contributed by atoms with E-state index < -0.39 is 0 Å². The molecule has 1 unspecified atom stereocenters. The van der Waals surface area contributed by atoms with E-state index in [0.717, 1.165) is 10.8 Å². The molecule has 0 bridgehead atoms. The molecule has 1 aliphatic rings. The van der Waals surface area contributed by atoms with Crippen LogP contribution in [0.4, 0.5) is 4.39 Å². The van der Waals surface area contributed by atoms with Crippen molar-refractivity contribution < 1.29 is 8.81 Å². The lowest BCUT2D eigenvalue weighted by Crippen LogP contribution is -2.16. The van der Waals surface area contributed by atoms with Crippen LogP contribution in [0.15, 0.2) is 51.4 Å². The monoisotopic (exact) mass is 280 g/mol. The summed E-state index contributed by atoms with van der Waals surface area (Å²) >= 11 is 0. The van der Waals surface area contributed by atoms with E-state index in [4.69, 9.17) is 4.42 Å². The van der Waals surface area contributed by atoms with E-state index in [0.29, 0.717) is 28.7 Å². The van der Waals surface area contributed by atoms with Gasteiger partial charge in [0.1, 0.15) is 17.2 Å². The lowest BCUT2D eigenvalue weighted by Gasteiger charge is -2.17. The molecule has 2 nitrogen and oxygen atoms in total. The molecule has 21 heavy (non-hydrogen) atoms. The second-order valence-electron chi connectivity index (χ2n) is 5.56. The molecule has 0 fully saturated rings. The van der Waals surface area contributed by atoms with Crippen molar-refractivity contribution in [3.63, 3.8) is 0 Å². The smallest absolute Gasteiger partial charge is 0.200 e. The molecule has 4 rings (SSSR count). The van der Waals surface area contributed by atoms with Gasteiger partial charge in [-0.2, -0.15) is 0 Å². The molecule has 0 N–H and O–H groups in total. The highest BCUT2D eigenvalue weighted by Gasteiger charge is 2.23. The highest BCUT2D eigenvalue weighted by molar-refractivity contribution is 6.05. The predicted octanol–water partition coefficient (Wildman–Crippen LogP) is 4.45. The summed E-state index contributed by atoms with van der Waals surface area (Å²) in [6.45, 7) is 1.79. The van der Waals surface area contributed by atoms with Gasteiger partial charge in [0, 0.05) is 12.3 Å². The Bertz CT molecular complexity index is 966. The molecule has 0 aliphatic heterocycles. The van der Waals surface area contributed by atoms with Crippen molar-refractivity contribution in [3.8, 4) is 0 Å². The fraction of sp³-hybridized carbons (Fsp3) is 0.167. The summed E-state index contributed by atoms with van der Waals surface area (Å²) in [6.07, 6.45) is 1.76. The summed E-state index contributed by atoms with van der Waals surface area (Å²) in [4.78, 5) is 12.8. The maximum atomic E-state index is 13.8. The SMILES string of the molecule is CC1Cc2oc3ccc4ccccc4c3c(=O)c2C=C1F. The standard InChI is InChI=1S/C18H13FO2/c1-10-8-16-13(9-14(10)19)18(20)17-12-5-3-2-4-11(12)6-7-15(17)21-16/h2-7,9-10H,8H2,1H3. The normalized spacial score (nSPS) is 17.8. The highest BCUT2D eigenvalue weighted by atomic mass is 19.1. The molecule has 1 aliphatic carbocycles. The lowest BCUT2D eigenvalue weighted by atomic mass is 9.93. The van der Waals surface area contributed by atoms with Crippen LogP contribution in [0, 0.1) is 5.92 Å². The van der Waals surface area contributed by atoms with Crippen molar-refractivity contribution in [1.82, 2.24) is 0 Å². The van der Waals surface area contributed by atoms with Crippen LogP contribution in [0.3, 0.4) is 0 Å². The van der Waals surface area contributed by atoms with Gasteiger partial charge in [-0.3, -0.25) is 4.79 Å². The number of allylic oxidation sites excluding steroid dienone is 1. The van der Waals surface area contributed by atoms with Crippen LogP contribution in [0.1, 0.15) is 18.2 Å². The van der Waals surface area contributed by atoms with E-state index in [1.807, 2.05) is 36.4 Å². The average Bonchev–Trinajstić information content (AvgIpc) is 2.49. The minimum absolute atomic E-state index is 0.148. The molecule has 3 heteroatoms. The van der Waals surface area contributed by atoms with Gasteiger partial charge >= 0.3 is 0 Å². The summed E-state index contributed by atoms with van der Waals surface area (Å²) in [7, 11) is 0. The maximum Gasteiger partial charge on any atom is 0.200 e. The fourth-order valence-electron chi connectivity index (χ4n) is 2.97. The number of hydrogen-bond acceptors (Lipinski definition) is 2. The van der Waals surface area contributed by atoms with Crippen LogP contribution in [0.5, 0.6) is 0 Å². The molecule has 104 valence electrons. The number of halogens is 1. The van der Waals surface area contributed by atoms with Crippen LogP contribution in [0.25, 0.3) is 27.8 Å². The van der Waals surface area contributed by atoms with Gasteiger partial charge in [0.05, 0.1) is 10.9 Å². The largest absolute Gasteiger partial charge is 0.460 e. The summed E-state index contributed by atoms with van der Waals surface area (Å²) < 4.78 is 19.7. The second kappa shape index (κ2) is 4.29. The van der Waals surface area contributed by atoms with E-state index in [1.54, 1.807) is 6.92 Å². The maximum absolute atomic E-state index is 13.8. The number of hydrogen-bond donors (Lipinski definition) is 0. The van der Waals surface area contributed by atoms with Crippen molar-refractivity contribution in [3.05, 3.63) is 63.8 Å². The minimum atomic E-state index is -0.255. The number of benzene rings is 2. The third-order valence-electron chi connectivity index (χ3n) is 4.14. The summed E-state index contributed by atoms with van der Waals surface area (Å²) in [5, 5.41) is 2.36. The van der Waals surface area contributed by atoms with Crippen LogP contribution in [-0.2, 0) is 6.42 Å². The van der Waals surface area contributed by atoms with E-state index in [2.05, 4.69) is 0 Å². The molecule has 0 saturated carbocycles. The van der Waals surface area contributed by atoms with Crippen molar-refractivity contribution in [2.24, 2.45) is 5.92 Å². The molecule has 0 spiro atoms. The summed E-state index contributed by atoms with van der Waals surface area (Å²) in [5.41, 5.74) is 0.778. The Labute approximate surface area is 120 Å². The minimum Gasteiger partial charge on any atom is -0.460 e. The van der Waals surface area contributed by atoms with Crippen molar-refractivity contribution in [2.75, 3.05) is 0 Å². The number of rotatable bonds is 0. The lowest BCUT2D eigenvalue weighted by molar-refractivity contribution is 0.436. The first kappa shape index (κ1) is 12.3. The van der Waals surface area contributed by atoms with E-state index in [9.17, 15) is 9.18 Å². The number of fused-ring (bicyclic) bond motifs is 4. The first-order valence-electron chi connectivity index (χ1n) is 6.99. The third-order valence-corrected chi connectivity index (χ3v) is 4.14. The molecule has 3 aromatic rings. The Morgan fingerprint density at radius 1 is 1.19 bits per heavy atom. The van der Waals surface area contributed by atoms with Crippen molar-refractivity contribution in [1.29, 1.82) is 0 Å².